The molecule has 0 bridgehead atoms. The molecule has 4 aliphatic rings. The van der Waals surface area contributed by atoms with E-state index in [9.17, 15) is 24.9 Å². The van der Waals surface area contributed by atoms with Crippen molar-refractivity contribution in [1.82, 2.24) is 10.2 Å². The fourth-order valence-corrected chi connectivity index (χ4v) is 7.23. The molecule has 1 saturated heterocycles. The van der Waals surface area contributed by atoms with Gasteiger partial charge < -0.3 is 26.4 Å². The minimum atomic E-state index is -0.768. The van der Waals surface area contributed by atoms with Gasteiger partial charge in [-0.3, -0.25) is 14.5 Å². The first-order chi connectivity index (χ1) is 17.2. The number of aliphatic hydroxyl groups excluding tert-OH is 2. The van der Waals surface area contributed by atoms with Crippen molar-refractivity contribution >= 4 is 11.7 Å². The number of benzene rings is 1. The van der Waals surface area contributed by atoms with E-state index >= 15 is 0 Å². The van der Waals surface area contributed by atoms with E-state index in [0.717, 1.165) is 37.1 Å². The van der Waals surface area contributed by atoms with Crippen LogP contribution in [-0.2, 0) is 11.2 Å². The number of ketones is 1. The molecule has 8 heteroatoms. The number of piperidine rings is 1. The largest absolute Gasteiger partial charge is 0.511 e. The number of aliphatic hydroxyl groups is 2. The first kappa shape index (κ1) is 24.6. The van der Waals surface area contributed by atoms with Crippen LogP contribution in [0.25, 0.3) is 0 Å². The lowest BCUT2D eigenvalue weighted by Crippen LogP contribution is -2.50. The SMILES string of the molecule is C/C=C1/C(C(N)=O)=C(O)[C@@H](N(C)C)C2CC3Cc4c(C5CCNCC5)ccc(O)c4C(=O)C3=C(O)C12. The molecule has 1 amide bonds. The van der Waals surface area contributed by atoms with Gasteiger partial charge in [0, 0.05) is 11.5 Å². The van der Waals surface area contributed by atoms with E-state index in [2.05, 4.69) is 5.32 Å². The van der Waals surface area contributed by atoms with Crippen molar-refractivity contribution in [3.8, 4) is 5.75 Å². The van der Waals surface area contributed by atoms with E-state index in [1.54, 1.807) is 19.1 Å². The number of Topliss-reactive ketones (excluding diaryl/α,β-unsaturated/α-hetero) is 1. The standard InChI is InChI=1S/C28H35N3O5/c1-4-15-21-18(24(31(2)3)27(35)23(15)28(29)36)12-14-11-17-16(13-7-9-30-10-8-13)5-6-19(32)22(17)26(34)20(14)25(21)33/h4-6,13-14,18,21,24,30,32-33,35H,7-12H2,1-3H3,(H2,29,36)/b15-4+/t14?,18?,21?,24-/m0/s1. The summed E-state index contributed by atoms with van der Waals surface area (Å²) in [5.41, 5.74) is 8.70. The first-order valence-electron chi connectivity index (χ1n) is 12.8. The topological polar surface area (TPSA) is 136 Å². The van der Waals surface area contributed by atoms with Crippen molar-refractivity contribution in [2.45, 2.75) is 44.6 Å². The summed E-state index contributed by atoms with van der Waals surface area (Å²) in [6, 6.07) is 3.02. The van der Waals surface area contributed by atoms with E-state index < -0.39 is 17.9 Å². The first-order valence-corrected chi connectivity index (χ1v) is 12.8. The van der Waals surface area contributed by atoms with Crippen LogP contribution < -0.4 is 11.1 Å². The van der Waals surface area contributed by atoms with Crippen LogP contribution in [0.4, 0.5) is 0 Å². The Balaban J connectivity index is 1.67. The van der Waals surface area contributed by atoms with E-state index in [0.29, 0.717) is 29.9 Å². The zero-order valence-corrected chi connectivity index (χ0v) is 21.0. The Bertz CT molecular complexity index is 1220. The molecule has 36 heavy (non-hydrogen) atoms. The minimum Gasteiger partial charge on any atom is -0.511 e. The molecule has 6 N–H and O–H groups in total. The normalized spacial score (nSPS) is 29.9. The molecule has 1 aromatic carbocycles. The number of carbonyl (C=O) groups excluding carboxylic acids is 2. The lowest BCUT2D eigenvalue weighted by Gasteiger charge is -2.48. The van der Waals surface area contributed by atoms with Gasteiger partial charge in [0.1, 0.15) is 17.3 Å². The second kappa shape index (κ2) is 9.09. The zero-order valence-electron chi connectivity index (χ0n) is 21.0. The summed E-state index contributed by atoms with van der Waals surface area (Å²) in [6.45, 7) is 3.56. The molecule has 1 aliphatic heterocycles. The maximum atomic E-state index is 13.9. The Hall–Kier alpha value is -3.10. The number of nitrogens with two attached hydrogens (primary N) is 1. The van der Waals surface area contributed by atoms with E-state index in [4.69, 9.17) is 5.73 Å². The van der Waals surface area contributed by atoms with Crippen LogP contribution >= 0.6 is 0 Å². The highest BCUT2D eigenvalue weighted by Crippen LogP contribution is 2.53. The van der Waals surface area contributed by atoms with E-state index in [1.165, 1.54) is 0 Å². The summed E-state index contributed by atoms with van der Waals surface area (Å²) in [5, 5.41) is 36.9. The molecule has 8 nitrogen and oxygen atoms in total. The molecule has 3 aliphatic carbocycles. The maximum absolute atomic E-state index is 13.9. The summed E-state index contributed by atoms with van der Waals surface area (Å²) in [4.78, 5) is 28.1. The molecule has 0 aromatic heterocycles. The average molecular weight is 494 g/mol. The smallest absolute Gasteiger partial charge is 0.252 e. The number of nitrogens with one attached hydrogen (secondary N) is 1. The molecule has 5 rings (SSSR count). The van der Waals surface area contributed by atoms with Gasteiger partial charge in [0.05, 0.1) is 17.2 Å². The van der Waals surface area contributed by atoms with E-state index in [1.807, 2.05) is 25.1 Å². The Morgan fingerprint density at radius 1 is 1.11 bits per heavy atom. The molecule has 4 atom stereocenters. The van der Waals surface area contributed by atoms with Gasteiger partial charge >= 0.3 is 0 Å². The second-order valence-electron chi connectivity index (χ2n) is 10.7. The number of hydrogen-bond acceptors (Lipinski definition) is 7. The minimum absolute atomic E-state index is 0.00255. The third kappa shape index (κ3) is 3.58. The molecule has 3 unspecified atom stereocenters. The van der Waals surface area contributed by atoms with Gasteiger partial charge in [-0.15, -0.1) is 0 Å². The molecular formula is C28H35N3O5. The van der Waals surface area contributed by atoms with E-state index in [-0.39, 0.29) is 46.0 Å². The molecule has 0 saturated carbocycles. The predicted molar refractivity (Wildman–Crippen MR) is 136 cm³/mol. The van der Waals surface area contributed by atoms with Crippen molar-refractivity contribution in [2.75, 3.05) is 27.2 Å². The van der Waals surface area contributed by atoms with Gasteiger partial charge in [-0.2, -0.15) is 0 Å². The number of phenols is 1. The fourth-order valence-electron chi connectivity index (χ4n) is 7.23. The monoisotopic (exact) mass is 493 g/mol. The fraction of sp³-hybridized carbons (Fsp3) is 0.500. The van der Waals surface area contributed by atoms with Crippen molar-refractivity contribution in [2.24, 2.45) is 23.5 Å². The molecular weight excluding hydrogens is 458 g/mol. The third-order valence-corrected chi connectivity index (χ3v) is 8.67. The van der Waals surface area contributed by atoms with Gasteiger partial charge in [0.2, 0.25) is 0 Å². The number of nitrogens with zero attached hydrogens (tertiary/aromatic N) is 1. The average Bonchev–Trinajstić information content (AvgIpc) is 2.83. The van der Waals surface area contributed by atoms with Crippen LogP contribution in [0.15, 0.2) is 46.4 Å². The highest BCUT2D eigenvalue weighted by molar-refractivity contribution is 6.13. The van der Waals surface area contributed by atoms with Gasteiger partial charge in [-0.05, 0) is 100 Å². The Kier molecular flexibility index (Phi) is 6.21. The zero-order chi connectivity index (χ0) is 25.9. The maximum Gasteiger partial charge on any atom is 0.252 e. The van der Waals surface area contributed by atoms with Crippen LogP contribution in [0.2, 0.25) is 0 Å². The Morgan fingerprint density at radius 2 is 1.81 bits per heavy atom. The molecule has 1 heterocycles. The summed E-state index contributed by atoms with van der Waals surface area (Å²) >= 11 is 0. The number of aromatic hydroxyl groups is 1. The number of carbonyl (C=O) groups is 2. The highest BCUT2D eigenvalue weighted by atomic mass is 16.3. The van der Waals surface area contributed by atoms with Crippen LogP contribution in [0.3, 0.4) is 0 Å². The lowest BCUT2D eigenvalue weighted by atomic mass is 9.59. The molecule has 192 valence electrons. The van der Waals surface area contributed by atoms with Gasteiger partial charge in [0.25, 0.3) is 5.91 Å². The third-order valence-electron chi connectivity index (χ3n) is 8.67. The van der Waals surface area contributed by atoms with Gasteiger partial charge in [-0.1, -0.05) is 12.1 Å². The lowest BCUT2D eigenvalue weighted by molar-refractivity contribution is -0.114. The summed E-state index contributed by atoms with van der Waals surface area (Å²) in [7, 11) is 3.64. The van der Waals surface area contributed by atoms with Crippen molar-refractivity contribution in [1.29, 1.82) is 0 Å². The van der Waals surface area contributed by atoms with Crippen molar-refractivity contribution < 1.29 is 24.9 Å². The number of allylic oxidation sites excluding steroid dienone is 3. The Labute approximate surface area is 211 Å². The van der Waals surface area contributed by atoms with Crippen LogP contribution in [0.1, 0.15) is 53.6 Å². The predicted octanol–water partition coefficient (Wildman–Crippen LogP) is 2.85. The Morgan fingerprint density at radius 3 is 2.42 bits per heavy atom. The number of fused-ring (bicyclic) bond motifs is 3. The molecule has 1 aromatic rings. The summed E-state index contributed by atoms with van der Waals surface area (Å²) in [6.07, 6.45) is 4.71. The molecule has 0 spiro atoms. The van der Waals surface area contributed by atoms with Crippen molar-refractivity contribution in [3.63, 3.8) is 0 Å². The van der Waals surface area contributed by atoms with Crippen molar-refractivity contribution in [3.05, 3.63) is 63.1 Å². The number of hydrogen-bond donors (Lipinski definition) is 5. The summed E-state index contributed by atoms with van der Waals surface area (Å²) in [5.74, 6) is -2.19. The summed E-state index contributed by atoms with van der Waals surface area (Å²) < 4.78 is 0. The van der Waals surface area contributed by atoms with Gasteiger partial charge in [-0.25, -0.2) is 0 Å². The molecule has 1 fully saturated rings. The molecule has 0 radical (unpaired) electrons. The van der Waals surface area contributed by atoms with Crippen LogP contribution in [0.5, 0.6) is 5.75 Å². The van der Waals surface area contributed by atoms with Crippen LogP contribution in [0, 0.1) is 17.8 Å². The number of amides is 1. The second-order valence-corrected chi connectivity index (χ2v) is 10.7. The number of likely N-dealkylation sites (N-methyl/N-ethyl adjacent to an activating group) is 1. The number of primary amides is 1. The number of rotatable bonds is 3. The van der Waals surface area contributed by atoms with Gasteiger partial charge in [0.15, 0.2) is 5.78 Å². The quantitative estimate of drug-likeness (QED) is 0.437. The number of phenolic OH excluding ortho intramolecular Hbond substituents is 1. The highest BCUT2D eigenvalue weighted by Gasteiger charge is 2.52. The van der Waals surface area contributed by atoms with Crippen LogP contribution in [-0.4, -0.2) is 65.1 Å².